The van der Waals surface area contributed by atoms with Crippen LogP contribution in [0.1, 0.15) is 38.2 Å². The first-order valence-electron chi connectivity index (χ1n) is 9.84. The molecular weight excluding hydrogens is 392 g/mol. The van der Waals surface area contributed by atoms with Gasteiger partial charge < -0.3 is 5.32 Å². The van der Waals surface area contributed by atoms with E-state index in [0.717, 1.165) is 17.9 Å². The van der Waals surface area contributed by atoms with Gasteiger partial charge in [0, 0.05) is 11.7 Å². The molecule has 0 radical (unpaired) electrons. The van der Waals surface area contributed by atoms with Crippen molar-refractivity contribution in [3.63, 3.8) is 0 Å². The summed E-state index contributed by atoms with van der Waals surface area (Å²) in [6, 6.07) is 8.25. The van der Waals surface area contributed by atoms with Gasteiger partial charge >= 0.3 is 0 Å². The van der Waals surface area contributed by atoms with Crippen LogP contribution in [0, 0.1) is 17.8 Å². The van der Waals surface area contributed by atoms with E-state index < -0.39 is 10.0 Å². The quantitative estimate of drug-likeness (QED) is 0.713. The van der Waals surface area contributed by atoms with Gasteiger partial charge in [-0.3, -0.25) is 4.79 Å². The van der Waals surface area contributed by atoms with Crippen LogP contribution in [0.3, 0.4) is 0 Å². The van der Waals surface area contributed by atoms with Crippen LogP contribution in [-0.2, 0) is 21.2 Å². The van der Waals surface area contributed by atoms with Gasteiger partial charge in [-0.2, -0.15) is 11.3 Å². The maximum Gasteiger partial charge on any atom is 0.240 e. The van der Waals surface area contributed by atoms with E-state index in [1.807, 2.05) is 23.8 Å². The van der Waals surface area contributed by atoms with Crippen LogP contribution in [0.25, 0.3) is 0 Å². The lowest BCUT2D eigenvalue weighted by Crippen LogP contribution is -2.40. The molecule has 0 aliphatic heterocycles. The number of rotatable bonds is 7. The highest BCUT2D eigenvalue weighted by molar-refractivity contribution is 7.89. The van der Waals surface area contributed by atoms with Gasteiger partial charge in [-0.15, -0.1) is 0 Å². The Morgan fingerprint density at radius 1 is 1.18 bits per heavy atom. The normalized spacial score (nSPS) is 25.0. The molecule has 0 spiro atoms. The van der Waals surface area contributed by atoms with Crippen LogP contribution in [0.2, 0.25) is 0 Å². The maximum absolute atomic E-state index is 12.8. The predicted octanol–water partition coefficient (Wildman–Crippen LogP) is 4.03. The van der Waals surface area contributed by atoms with Crippen molar-refractivity contribution in [1.29, 1.82) is 0 Å². The van der Waals surface area contributed by atoms with Gasteiger partial charge in [-0.1, -0.05) is 6.42 Å². The fourth-order valence-electron chi connectivity index (χ4n) is 4.81. The van der Waals surface area contributed by atoms with E-state index in [4.69, 9.17) is 0 Å². The fraction of sp³-hybridized carbons (Fsp3) is 0.476. The largest absolute Gasteiger partial charge is 0.326 e. The molecule has 1 amide bonds. The number of fused-ring (bicyclic) bond motifs is 2. The van der Waals surface area contributed by atoms with E-state index in [-0.39, 0.29) is 16.8 Å². The molecule has 28 heavy (non-hydrogen) atoms. The topological polar surface area (TPSA) is 75.3 Å². The van der Waals surface area contributed by atoms with E-state index in [1.165, 1.54) is 19.3 Å². The molecule has 2 bridgehead atoms. The van der Waals surface area contributed by atoms with Crippen LogP contribution in [0.5, 0.6) is 0 Å². The van der Waals surface area contributed by atoms with Crippen molar-refractivity contribution >= 4 is 33.0 Å². The molecule has 2 aliphatic carbocycles. The van der Waals surface area contributed by atoms with Crippen molar-refractivity contribution in [2.45, 2.75) is 50.0 Å². The minimum atomic E-state index is -3.56. The third-order valence-electron chi connectivity index (χ3n) is 6.17. The van der Waals surface area contributed by atoms with E-state index in [9.17, 15) is 13.2 Å². The van der Waals surface area contributed by atoms with Gasteiger partial charge in [0.25, 0.3) is 0 Å². The minimum absolute atomic E-state index is 0.0507. The molecule has 2 N–H and O–H groups in total. The molecule has 4 rings (SSSR count). The van der Waals surface area contributed by atoms with Crippen LogP contribution < -0.4 is 10.0 Å². The molecule has 5 nitrogen and oxygen atoms in total. The highest BCUT2D eigenvalue weighted by Gasteiger charge is 2.42. The van der Waals surface area contributed by atoms with E-state index in [2.05, 4.69) is 10.0 Å². The summed E-state index contributed by atoms with van der Waals surface area (Å²) in [6.45, 7) is 1.99. The molecule has 1 aromatic heterocycles. The zero-order chi connectivity index (χ0) is 19.7. The smallest absolute Gasteiger partial charge is 0.240 e. The maximum atomic E-state index is 12.8. The Bertz CT molecular complexity index is 923. The number of thiophene rings is 1. The lowest BCUT2D eigenvalue weighted by atomic mass is 9.84. The number of anilines is 1. The predicted molar refractivity (Wildman–Crippen MR) is 112 cm³/mol. The SMILES string of the molecule is C[C@@H](NS(=O)(=O)c1ccc(NC(=O)Cc2ccsc2)cc1)[C@@H]1C[C@H]2CC[C@H]1C2. The fourth-order valence-corrected chi connectivity index (χ4v) is 6.77. The van der Waals surface area contributed by atoms with Crippen molar-refractivity contribution in [2.75, 3.05) is 5.32 Å². The van der Waals surface area contributed by atoms with Crippen LogP contribution in [0.4, 0.5) is 5.69 Å². The second-order valence-electron chi connectivity index (χ2n) is 8.13. The van der Waals surface area contributed by atoms with Gasteiger partial charge in [0.05, 0.1) is 11.3 Å². The van der Waals surface area contributed by atoms with Gasteiger partial charge in [0.1, 0.15) is 0 Å². The van der Waals surface area contributed by atoms with Gasteiger partial charge in [0.2, 0.25) is 15.9 Å². The minimum Gasteiger partial charge on any atom is -0.326 e. The van der Waals surface area contributed by atoms with E-state index in [1.54, 1.807) is 35.6 Å². The third-order valence-corrected chi connectivity index (χ3v) is 8.48. The molecule has 1 aromatic carbocycles. The molecule has 2 fully saturated rings. The highest BCUT2D eigenvalue weighted by Crippen LogP contribution is 2.49. The third kappa shape index (κ3) is 4.31. The summed E-state index contributed by atoms with van der Waals surface area (Å²) in [4.78, 5) is 12.3. The van der Waals surface area contributed by atoms with Crippen molar-refractivity contribution in [1.82, 2.24) is 4.72 Å². The summed E-state index contributed by atoms with van der Waals surface area (Å²) >= 11 is 1.56. The molecule has 4 atom stereocenters. The van der Waals surface area contributed by atoms with Crippen molar-refractivity contribution in [3.05, 3.63) is 46.7 Å². The lowest BCUT2D eigenvalue weighted by Gasteiger charge is -2.28. The lowest BCUT2D eigenvalue weighted by molar-refractivity contribution is -0.115. The number of hydrogen-bond donors (Lipinski definition) is 2. The molecule has 0 saturated heterocycles. The van der Waals surface area contributed by atoms with Gasteiger partial charge in [-0.25, -0.2) is 13.1 Å². The molecular formula is C21H26N2O3S2. The standard InChI is InChI=1S/C21H26N2O3S2/c1-14(20-11-15-2-3-17(20)10-15)23-28(25,26)19-6-4-18(5-7-19)22-21(24)12-16-8-9-27-13-16/h4-9,13-15,17,20,23H,2-3,10-12H2,1H3,(H,22,24)/t14-,15+,17+,20+/m1/s1. The Balaban J connectivity index is 1.36. The average Bonchev–Trinajstić information content (AvgIpc) is 3.40. The van der Waals surface area contributed by atoms with Gasteiger partial charge in [-0.05, 0) is 90.6 Å². The molecule has 2 aromatic rings. The number of sulfonamides is 1. The average molecular weight is 419 g/mol. The molecule has 2 saturated carbocycles. The zero-order valence-corrected chi connectivity index (χ0v) is 17.6. The Kier molecular flexibility index (Phi) is 5.58. The number of carbonyl (C=O) groups is 1. The second-order valence-corrected chi connectivity index (χ2v) is 10.6. The molecule has 150 valence electrons. The van der Waals surface area contributed by atoms with E-state index >= 15 is 0 Å². The first-order valence-corrected chi connectivity index (χ1v) is 12.3. The van der Waals surface area contributed by atoms with Crippen LogP contribution >= 0.6 is 11.3 Å². The first-order chi connectivity index (χ1) is 13.4. The van der Waals surface area contributed by atoms with Crippen molar-refractivity contribution in [2.24, 2.45) is 17.8 Å². The summed E-state index contributed by atoms with van der Waals surface area (Å²) < 4.78 is 28.4. The van der Waals surface area contributed by atoms with Gasteiger partial charge in [0.15, 0.2) is 0 Å². The number of amides is 1. The number of benzene rings is 1. The first kappa shape index (κ1) is 19.6. The van der Waals surface area contributed by atoms with E-state index in [0.29, 0.717) is 23.9 Å². The Morgan fingerprint density at radius 2 is 1.96 bits per heavy atom. The Morgan fingerprint density at radius 3 is 2.57 bits per heavy atom. The van der Waals surface area contributed by atoms with Crippen molar-refractivity contribution < 1.29 is 13.2 Å². The molecule has 0 unspecified atom stereocenters. The number of hydrogen-bond acceptors (Lipinski definition) is 4. The summed E-state index contributed by atoms with van der Waals surface area (Å²) in [5, 5.41) is 6.69. The summed E-state index contributed by atoms with van der Waals surface area (Å²) in [6.07, 6.45) is 5.26. The van der Waals surface area contributed by atoms with Crippen molar-refractivity contribution in [3.8, 4) is 0 Å². The molecule has 7 heteroatoms. The summed E-state index contributed by atoms with van der Waals surface area (Å²) in [5.74, 6) is 1.80. The van der Waals surface area contributed by atoms with Crippen LogP contribution in [-0.4, -0.2) is 20.4 Å². The Hall–Kier alpha value is -1.70. The molecule has 2 aliphatic rings. The highest BCUT2D eigenvalue weighted by atomic mass is 32.2. The Labute approximate surface area is 170 Å². The number of nitrogens with one attached hydrogen (secondary N) is 2. The number of carbonyl (C=O) groups excluding carboxylic acids is 1. The monoisotopic (exact) mass is 418 g/mol. The zero-order valence-electron chi connectivity index (χ0n) is 15.9. The second kappa shape index (κ2) is 7.97. The summed E-state index contributed by atoms with van der Waals surface area (Å²) in [7, 11) is -3.56. The van der Waals surface area contributed by atoms with Crippen LogP contribution in [0.15, 0.2) is 46.0 Å². The molecule has 1 heterocycles. The summed E-state index contributed by atoms with van der Waals surface area (Å²) in [5.41, 5.74) is 1.57.